The van der Waals surface area contributed by atoms with Gasteiger partial charge in [-0.25, -0.2) is 13.6 Å². The van der Waals surface area contributed by atoms with Gasteiger partial charge in [0.15, 0.2) is 11.8 Å². The van der Waals surface area contributed by atoms with Crippen LogP contribution < -0.4 is 29.9 Å². The van der Waals surface area contributed by atoms with Gasteiger partial charge in [-0.05, 0) is 54.6 Å². The summed E-state index contributed by atoms with van der Waals surface area (Å²) in [7, 11) is 2.95. The van der Waals surface area contributed by atoms with Crippen LogP contribution in [-0.4, -0.2) is 64.8 Å². The first-order chi connectivity index (χ1) is 19.0. The summed E-state index contributed by atoms with van der Waals surface area (Å²) < 4.78 is 62.8. The van der Waals surface area contributed by atoms with Crippen LogP contribution in [0.25, 0.3) is 0 Å². The van der Waals surface area contributed by atoms with E-state index in [1.54, 1.807) is 24.3 Å². The predicted octanol–water partition coefficient (Wildman–Crippen LogP) is 2.50. The molecule has 2 heterocycles. The standard InChI is InChI=1S/C24H26F2N3O9PS/c1-33-14-3-7-16(8-4-14)37-39(40,38-17-9-5-15(34-2)6-10-17)35-13-24(22(25)26)20(31)19(30)21(36-24)29-12-11-18(27)28-23(29)32/h3-12,19-22,30-31H,13H2,1-2H3,(H2,27,28,32)/t19-,20+,21-,24-/m1/s1. The molecule has 40 heavy (non-hydrogen) atoms. The molecule has 0 aliphatic carbocycles. The van der Waals surface area contributed by atoms with Gasteiger partial charge in [0.05, 0.1) is 20.8 Å². The highest BCUT2D eigenvalue weighted by molar-refractivity contribution is 8.07. The van der Waals surface area contributed by atoms with Crippen LogP contribution in [0.1, 0.15) is 6.23 Å². The van der Waals surface area contributed by atoms with Gasteiger partial charge in [-0.15, -0.1) is 0 Å². The first-order valence-corrected chi connectivity index (χ1v) is 14.1. The number of benzene rings is 2. The molecule has 1 aromatic heterocycles. The number of alkyl halides is 2. The lowest BCUT2D eigenvalue weighted by Crippen LogP contribution is -2.52. The number of methoxy groups -OCH3 is 2. The molecule has 216 valence electrons. The molecule has 0 spiro atoms. The highest BCUT2D eigenvalue weighted by Crippen LogP contribution is 2.52. The minimum absolute atomic E-state index is 0.134. The van der Waals surface area contributed by atoms with E-state index >= 15 is 0 Å². The second-order valence-corrected chi connectivity index (χ2v) is 11.4. The summed E-state index contributed by atoms with van der Waals surface area (Å²) in [5.74, 6) is 1.25. The fraction of sp³-hybridized carbons (Fsp3) is 0.333. The third-order valence-electron chi connectivity index (χ3n) is 5.95. The van der Waals surface area contributed by atoms with Crippen molar-refractivity contribution in [2.24, 2.45) is 0 Å². The van der Waals surface area contributed by atoms with Gasteiger partial charge in [0, 0.05) is 18.0 Å². The average Bonchev–Trinajstić information content (AvgIpc) is 3.19. The summed E-state index contributed by atoms with van der Waals surface area (Å²) in [6.07, 6.45) is -8.24. The number of halogens is 2. The van der Waals surface area contributed by atoms with Gasteiger partial charge in [-0.2, -0.15) is 4.98 Å². The number of nitrogens with two attached hydrogens (primary N) is 1. The van der Waals surface area contributed by atoms with E-state index < -0.39 is 49.5 Å². The third kappa shape index (κ3) is 6.19. The number of rotatable bonds is 11. The van der Waals surface area contributed by atoms with Crippen LogP contribution in [0.2, 0.25) is 0 Å². The van der Waals surface area contributed by atoms with E-state index in [0.29, 0.717) is 11.5 Å². The summed E-state index contributed by atoms with van der Waals surface area (Å²) in [5.41, 5.74) is 1.66. The van der Waals surface area contributed by atoms with E-state index in [0.717, 1.165) is 10.8 Å². The van der Waals surface area contributed by atoms with Crippen LogP contribution in [0, 0.1) is 0 Å². The van der Waals surface area contributed by atoms with Gasteiger partial charge in [0.2, 0.25) is 0 Å². The van der Waals surface area contributed by atoms with E-state index in [2.05, 4.69) is 4.98 Å². The monoisotopic (exact) mass is 601 g/mol. The topological polar surface area (TPSA) is 157 Å². The van der Waals surface area contributed by atoms with Gasteiger partial charge < -0.3 is 39.2 Å². The maximum atomic E-state index is 14.5. The number of nitrogens with zero attached hydrogens (tertiary/aromatic N) is 2. The Morgan fingerprint density at radius 1 is 1.02 bits per heavy atom. The van der Waals surface area contributed by atoms with Crippen LogP contribution in [-0.2, 0) is 21.1 Å². The summed E-state index contributed by atoms with van der Waals surface area (Å²) in [5, 5.41) is 21.3. The number of aromatic nitrogens is 2. The Morgan fingerprint density at radius 3 is 1.98 bits per heavy atom. The largest absolute Gasteiger partial charge is 0.497 e. The minimum atomic E-state index is -3.95. The van der Waals surface area contributed by atoms with Gasteiger partial charge in [-0.1, -0.05) is 0 Å². The first kappa shape index (κ1) is 29.6. The normalized spacial score (nSPS) is 22.7. The lowest BCUT2D eigenvalue weighted by molar-refractivity contribution is -0.192. The number of aliphatic hydroxyl groups is 2. The maximum absolute atomic E-state index is 14.5. The van der Waals surface area contributed by atoms with E-state index in [4.69, 9.17) is 45.3 Å². The summed E-state index contributed by atoms with van der Waals surface area (Å²) in [6.45, 7) is -5.03. The van der Waals surface area contributed by atoms with Crippen LogP contribution >= 0.6 is 6.72 Å². The zero-order valence-corrected chi connectivity index (χ0v) is 22.8. The quantitative estimate of drug-likeness (QED) is 0.277. The Balaban J connectivity index is 1.64. The van der Waals surface area contributed by atoms with E-state index in [1.807, 2.05) is 0 Å². The van der Waals surface area contributed by atoms with Crippen LogP contribution in [0.4, 0.5) is 14.6 Å². The molecule has 0 bridgehead atoms. The van der Waals surface area contributed by atoms with E-state index in [1.165, 1.54) is 44.6 Å². The van der Waals surface area contributed by atoms with Crippen LogP contribution in [0.3, 0.4) is 0 Å². The van der Waals surface area contributed by atoms with Crippen LogP contribution in [0.15, 0.2) is 65.6 Å². The highest BCUT2D eigenvalue weighted by Gasteiger charge is 2.61. The maximum Gasteiger partial charge on any atom is 0.435 e. The molecule has 1 saturated heterocycles. The number of nitrogen functional groups attached to an aromatic ring is 1. The van der Waals surface area contributed by atoms with Gasteiger partial charge in [0.1, 0.15) is 41.0 Å². The molecule has 16 heteroatoms. The second kappa shape index (κ2) is 12.0. The molecule has 4 N–H and O–H groups in total. The number of ether oxygens (including phenoxy) is 3. The summed E-state index contributed by atoms with van der Waals surface area (Å²) in [4.78, 5) is 15.8. The van der Waals surface area contributed by atoms with Crippen molar-refractivity contribution in [1.29, 1.82) is 0 Å². The molecule has 0 amide bonds. The minimum Gasteiger partial charge on any atom is -0.497 e. The van der Waals surface area contributed by atoms with E-state index in [-0.39, 0.29) is 17.3 Å². The van der Waals surface area contributed by atoms with Crippen molar-refractivity contribution in [2.75, 3.05) is 26.6 Å². The first-order valence-electron chi connectivity index (χ1n) is 11.6. The van der Waals surface area contributed by atoms with Gasteiger partial charge in [0.25, 0.3) is 6.43 Å². The van der Waals surface area contributed by atoms with Crippen molar-refractivity contribution in [1.82, 2.24) is 9.55 Å². The molecule has 4 rings (SSSR count). The Morgan fingerprint density at radius 2 is 1.52 bits per heavy atom. The summed E-state index contributed by atoms with van der Waals surface area (Å²) >= 11 is 5.54. The van der Waals surface area contributed by atoms with Crippen molar-refractivity contribution in [3.05, 3.63) is 71.3 Å². The lowest BCUT2D eigenvalue weighted by Gasteiger charge is -2.33. The molecular weight excluding hydrogens is 575 g/mol. The van der Waals surface area contributed by atoms with E-state index in [9.17, 15) is 23.8 Å². The molecule has 1 fully saturated rings. The zero-order valence-electron chi connectivity index (χ0n) is 21.1. The van der Waals surface area contributed by atoms with Crippen molar-refractivity contribution in [3.8, 4) is 23.0 Å². The molecule has 0 unspecified atom stereocenters. The fourth-order valence-corrected chi connectivity index (χ4v) is 5.73. The van der Waals surface area contributed by atoms with Gasteiger partial charge in [-0.3, -0.25) is 9.09 Å². The number of anilines is 1. The molecule has 3 aromatic rings. The predicted molar refractivity (Wildman–Crippen MR) is 141 cm³/mol. The Labute approximate surface area is 232 Å². The smallest absolute Gasteiger partial charge is 0.435 e. The fourth-order valence-electron chi connectivity index (χ4n) is 3.80. The molecular formula is C24H26F2N3O9PS. The van der Waals surface area contributed by atoms with Gasteiger partial charge >= 0.3 is 12.4 Å². The molecule has 1 aliphatic rings. The Hall–Kier alpha value is -3.33. The molecule has 4 atom stereocenters. The molecule has 1 aliphatic heterocycles. The molecule has 0 radical (unpaired) electrons. The molecule has 12 nitrogen and oxygen atoms in total. The summed E-state index contributed by atoms with van der Waals surface area (Å²) in [6, 6.07) is 13.5. The third-order valence-corrected chi connectivity index (χ3v) is 8.03. The van der Waals surface area contributed by atoms with Crippen molar-refractivity contribution in [2.45, 2.75) is 30.5 Å². The average molecular weight is 602 g/mol. The number of hydrogen-bond acceptors (Lipinski definition) is 12. The molecule has 2 aromatic carbocycles. The molecule has 0 saturated carbocycles. The second-order valence-electron chi connectivity index (χ2n) is 8.50. The Bertz CT molecular complexity index is 1360. The highest BCUT2D eigenvalue weighted by atomic mass is 32.5. The zero-order chi connectivity index (χ0) is 29.1. The van der Waals surface area contributed by atoms with Crippen molar-refractivity contribution in [3.63, 3.8) is 0 Å². The van der Waals surface area contributed by atoms with Crippen molar-refractivity contribution < 1.29 is 46.8 Å². The van der Waals surface area contributed by atoms with Crippen LogP contribution in [0.5, 0.6) is 23.0 Å². The SMILES string of the molecule is COc1ccc(OP(=S)(OC[C@@]2(C(F)F)O[C@@H](n3ccc(N)nc3=O)[C@H](O)[C@@H]2O)Oc2ccc(OC)cc2)cc1. The number of aliphatic hydroxyl groups excluding tert-OH is 2. The lowest BCUT2D eigenvalue weighted by atomic mass is 9.96. The van der Waals surface area contributed by atoms with Crippen molar-refractivity contribution >= 4 is 24.3 Å². The Kier molecular flexibility index (Phi) is 8.93. The number of hydrogen-bond donors (Lipinski definition) is 3.